The molecule has 0 amide bonds. The molecule has 0 heterocycles. The van der Waals surface area contributed by atoms with E-state index in [-0.39, 0.29) is 17.5 Å². The second-order valence-corrected chi connectivity index (χ2v) is 7.35. The van der Waals surface area contributed by atoms with Crippen molar-refractivity contribution in [3.05, 3.63) is 34.9 Å². The topological polar surface area (TPSA) is 46.5 Å². The second kappa shape index (κ2) is 8.49. The molecule has 3 heteroatoms. The van der Waals surface area contributed by atoms with Crippen molar-refractivity contribution in [2.45, 2.75) is 79.4 Å². The van der Waals surface area contributed by atoms with E-state index in [4.69, 9.17) is 4.74 Å². The van der Waals surface area contributed by atoms with Crippen molar-refractivity contribution in [3.8, 4) is 0 Å². The quantitative estimate of drug-likeness (QED) is 0.455. The van der Waals surface area contributed by atoms with Crippen molar-refractivity contribution >= 4 is 5.97 Å². The molecule has 0 aromatic carbocycles. The number of hydrogen-bond donors (Lipinski definition) is 1. The van der Waals surface area contributed by atoms with Crippen LogP contribution in [0, 0.1) is 5.41 Å². The normalized spacial score (nSPS) is 31.2. The Hall–Kier alpha value is -1.35. The summed E-state index contributed by atoms with van der Waals surface area (Å²) in [5.74, 6) is -0.292. The van der Waals surface area contributed by atoms with Gasteiger partial charge in [0.05, 0.1) is 6.10 Å². The number of aliphatic hydroxyl groups excluding tert-OH is 1. The first-order chi connectivity index (χ1) is 10.7. The molecule has 1 aliphatic rings. The first-order valence-corrected chi connectivity index (χ1v) is 8.53. The molecule has 1 N–H and O–H groups in total. The fourth-order valence-corrected chi connectivity index (χ4v) is 2.63. The molecule has 0 fully saturated rings. The highest BCUT2D eigenvalue weighted by Crippen LogP contribution is 2.31. The average molecular weight is 320 g/mol. The predicted molar refractivity (Wildman–Crippen MR) is 95.1 cm³/mol. The molecule has 1 rings (SSSR count). The molecule has 1 aliphatic carbocycles. The fraction of sp³-hybridized carbons (Fsp3) is 0.650. The highest BCUT2D eigenvalue weighted by Gasteiger charge is 2.27. The molecule has 0 saturated carbocycles. The zero-order valence-electron chi connectivity index (χ0n) is 15.5. The van der Waals surface area contributed by atoms with Gasteiger partial charge in [-0.2, -0.15) is 0 Å². The molecule has 2 atom stereocenters. The molecule has 0 aromatic heterocycles. The monoisotopic (exact) mass is 320 g/mol. The maximum absolute atomic E-state index is 12.1. The van der Waals surface area contributed by atoms with Crippen LogP contribution in [-0.2, 0) is 9.53 Å². The number of carbonyl (C=O) groups excluding carboxylic acids is 1. The Morgan fingerprint density at radius 2 is 2.04 bits per heavy atom. The van der Waals surface area contributed by atoms with Gasteiger partial charge in [-0.05, 0) is 57.9 Å². The molecule has 23 heavy (non-hydrogen) atoms. The third-order valence-electron chi connectivity index (χ3n) is 4.81. The number of rotatable bonds is 2. The minimum atomic E-state index is -0.537. The van der Waals surface area contributed by atoms with Gasteiger partial charge in [-0.1, -0.05) is 37.6 Å². The van der Waals surface area contributed by atoms with Crippen LogP contribution < -0.4 is 0 Å². The third-order valence-corrected chi connectivity index (χ3v) is 4.81. The first kappa shape index (κ1) is 19.7. The highest BCUT2D eigenvalue weighted by atomic mass is 16.5. The number of esters is 1. The lowest BCUT2D eigenvalue weighted by atomic mass is 9.80. The summed E-state index contributed by atoms with van der Waals surface area (Å²) < 4.78 is 5.66. The van der Waals surface area contributed by atoms with Crippen LogP contribution in [0.5, 0.6) is 0 Å². The Labute approximate surface area is 141 Å². The standard InChI is InChI=1S/C20H32O3/c1-7-15(3)19(22)23-17-11-10-14(2)9-8-12-20(5,6)18(21)13-16(17)4/h7,10,13,17-18,21H,8-9,11-12H2,1-6H3/b14-10+,15-7-,16-13-/t17-,18+/m0/s1. The van der Waals surface area contributed by atoms with Gasteiger partial charge in [-0.25, -0.2) is 4.79 Å². The van der Waals surface area contributed by atoms with E-state index in [1.165, 1.54) is 5.57 Å². The largest absolute Gasteiger partial charge is 0.454 e. The Morgan fingerprint density at radius 1 is 1.39 bits per heavy atom. The van der Waals surface area contributed by atoms with Crippen molar-refractivity contribution in [1.29, 1.82) is 0 Å². The van der Waals surface area contributed by atoms with Gasteiger partial charge in [-0.15, -0.1) is 0 Å². The smallest absolute Gasteiger partial charge is 0.333 e. The molecule has 0 aromatic rings. The van der Waals surface area contributed by atoms with Crippen molar-refractivity contribution < 1.29 is 14.6 Å². The summed E-state index contributed by atoms with van der Waals surface area (Å²) in [7, 11) is 0. The van der Waals surface area contributed by atoms with E-state index >= 15 is 0 Å². The molecule has 130 valence electrons. The summed E-state index contributed by atoms with van der Waals surface area (Å²) in [4.78, 5) is 12.1. The Balaban J connectivity index is 3.07. The molecule has 0 spiro atoms. The minimum Gasteiger partial charge on any atom is -0.454 e. The second-order valence-electron chi connectivity index (χ2n) is 7.35. The van der Waals surface area contributed by atoms with Crippen LogP contribution in [0.3, 0.4) is 0 Å². The van der Waals surface area contributed by atoms with E-state index < -0.39 is 6.10 Å². The van der Waals surface area contributed by atoms with Crippen molar-refractivity contribution in [1.82, 2.24) is 0 Å². The molecular formula is C20H32O3. The predicted octanol–water partition coefficient (Wildman–Crippen LogP) is 4.72. The lowest BCUT2D eigenvalue weighted by molar-refractivity contribution is -0.142. The number of ether oxygens (including phenoxy) is 1. The van der Waals surface area contributed by atoms with E-state index in [1.807, 2.05) is 19.9 Å². The lowest BCUT2D eigenvalue weighted by Gasteiger charge is -2.29. The first-order valence-electron chi connectivity index (χ1n) is 8.53. The van der Waals surface area contributed by atoms with Gasteiger partial charge in [0.25, 0.3) is 0 Å². The zero-order chi connectivity index (χ0) is 17.6. The van der Waals surface area contributed by atoms with Gasteiger partial charge in [0.2, 0.25) is 0 Å². The van der Waals surface area contributed by atoms with Crippen LogP contribution >= 0.6 is 0 Å². The fourth-order valence-electron chi connectivity index (χ4n) is 2.63. The van der Waals surface area contributed by atoms with Crippen molar-refractivity contribution in [2.24, 2.45) is 5.41 Å². The van der Waals surface area contributed by atoms with Crippen LogP contribution in [0.1, 0.15) is 67.2 Å². The van der Waals surface area contributed by atoms with Gasteiger partial charge < -0.3 is 9.84 Å². The zero-order valence-corrected chi connectivity index (χ0v) is 15.5. The van der Waals surface area contributed by atoms with E-state index in [9.17, 15) is 9.90 Å². The average Bonchev–Trinajstić information content (AvgIpc) is 2.50. The number of aliphatic hydroxyl groups is 1. The lowest BCUT2D eigenvalue weighted by Crippen LogP contribution is -2.29. The van der Waals surface area contributed by atoms with Crippen molar-refractivity contribution in [3.63, 3.8) is 0 Å². The van der Waals surface area contributed by atoms with E-state index in [1.54, 1.807) is 13.0 Å². The SMILES string of the molecule is C/C=C(/C)C(=O)O[C@H]1C/C=C(\C)CCCC(C)(C)[C@H](O)/C=C\1C. The van der Waals surface area contributed by atoms with E-state index in [0.29, 0.717) is 12.0 Å². The van der Waals surface area contributed by atoms with Crippen LogP contribution in [0.4, 0.5) is 0 Å². The van der Waals surface area contributed by atoms with Gasteiger partial charge in [0.15, 0.2) is 0 Å². The molecule has 0 bridgehead atoms. The number of allylic oxidation sites excluding steroid dienone is 2. The molecule has 0 radical (unpaired) electrons. The Morgan fingerprint density at radius 3 is 2.65 bits per heavy atom. The van der Waals surface area contributed by atoms with Gasteiger partial charge >= 0.3 is 5.97 Å². The van der Waals surface area contributed by atoms with Crippen molar-refractivity contribution in [2.75, 3.05) is 0 Å². The molecule has 0 unspecified atom stereocenters. The van der Waals surface area contributed by atoms with E-state index in [2.05, 4.69) is 26.8 Å². The Bertz CT molecular complexity index is 509. The van der Waals surface area contributed by atoms with E-state index in [0.717, 1.165) is 24.8 Å². The molecular weight excluding hydrogens is 288 g/mol. The minimum absolute atomic E-state index is 0.181. The van der Waals surface area contributed by atoms with Crippen LogP contribution in [-0.4, -0.2) is 23.3 Å². The maximum atomic E-state index is 12.1. The van der Waals surface area contributed by atoms with Gasteiger partial charge in [0, 0.05) is 12.0 Å². The highest BCUT2D eigenvalue weighted by molar-refractivity contribution is 5.87. The summed E-state index contributed by atoms with van der Waals surface area (Å²) in [5.41, 5.74) is 2.65. The summed E-state index contributed by atoms with van der Waals surface area (Å²) >= 11 is 0. The molecule has 0 aliphatic heterocycles. The number of carbonyl (C=O) groups is 1. The van der Waals surface area contributed by atoms with Gasteiger partial charge in [0.1, 0.15) is 6.10 Å². The Kier molecular flexibility index (Phi) is 7.27. The van der Waals surface area contributed by atoms with Crippen LogP contribution in [0.2, 0.25) is 0 Å². The summed E-state index contributed by atoms with van der Waals surface area (Å²) in [6.45, 7) is 11.8. The third kappa shape index (κ3) is 5.98. The summed E-state index contributed by atoms with van der Waals surface area (Å²) in [6.07, 6.45) is 8.61. The molecule has 0 saturated heterocycles. The molecule has 3 nitrogen and oxygen atoms in total. The van der Waals surface area contributed by atoms with Crippen LogP contribution in [0.15, 0.2) is 34.9 Å². The van der Waals surface area contributed by atoms with Crippen LogP contribution in [0.25, 0.3) is 0 Å². The summed E-state index contributed by atoms with van der Waals surface area (Å²) in [5, 5.41) is 10.5. The summed E-state index contributed by atoms with van der Waals surface area (Å²) in [6, 6.07) is 0. The number of hydrogen-bond acceptors (Lipinski definition) is 3. The maximum Gasteiger partial charge on any atom is 0.333 e. The van der Waals surface area contributed by atoms with Gasteiger partial charge in [-0.3, -0.25) is 0 Å².